The van der Waals surface area contributed by atoms with Crippen molar-refractivity contribution in [2.75, 3.05) is 13.2 Å². The normalized spacial score (nSPS) is 44.2. The van der Waals surface area contributed by atoms with Gasteiger partial charge in [0.05, 0.1) is 13.2 Å². The molecule has 4 nitrogen and oxygen atoms in total. The zero-order valence-corrected chi connectivity index (χ0v) is 19.6. The molecule has 0 saturated heterocycles. The molecule has 4 rings (SSSR count). The van der Waals surface area contributed by atoms with Gasteiger partial charge < -0.3 is 4.89 Å². The lowest BCUT2D eigenvalue weighted by Crippen LogP contribution is -2.37. The Labute approximate surface area is 178 Å². The van der Waals surface area contributed by atoms with Crippen LogP contribution in [0, 0.1) is 34.5 Å². The van der Waals surface area contributed by atoms with E-state index >= 15 is 0 Å². The third-order valence-electron chi connectivity index (χ3n) is 8.89. The van der Waals surface area contributed by atoms with Crippen molar-refractivity contribution >= 4 is 7.82 Å². The third kappa shape index (κ3) is 5.68. The minimum Gasteiger partial charge on any atom is -0.302 e. The highest BCUT2D eigenvalue weighted by Gasteiger charge is 2.43. The van der Waals surface area contributed by atoms with E-state index in [0.29, 0.717) is 24.0 Å². The Hall–Kier alpha value is 0.110. The molecule has 6 atom stereocenters. The molecule has 0 aliphatic heterocycles. The van der Waals surface area contributed by atoms with Crippen LogP contribution in [0.3, 0.4) is 0 Å². The SMILES string of the molecule is CC1CC2CCCC(CCOP(=O)(O)OCCC34CCCC(CC(C)C3)C4)(C1)C2. The van der Waals surface area contributed by atoms with Crippen LogP contribution in [0.1, 0.15) is 104 Å². The number of rotatable bonds is 8. The number of hydrogen-bond acceptors (Lipinski definition) is 3. The average molecular weight is 427 g/mol. The Morgan fingerprint density at radius 2 is 1.28 bits per heavy atom. The van der Waals surface area contributed by atoms with Gasteiger partial charge in [-0.3, -0.25) is 9.05 Å². The number of phosphoric ester groups is 1. The van der Waals surface area contributed by atoms with Crippen molar-refractivity contribution in [2.45, 2.75) is 104 Å². The van der Waals surface area contributed by atoms with E-state index in [1.165, 1.54) is 77.0 Å². The largest absolute Gasteiger partial charge is 0.472 e. The first kappa shape index (κ1) is 22.3. The fourth-order valence-electron chi connectivity index (χ4n) is 8.17. The van der Waals surface area contributed by atoms with E-state index in [-0.39, 0.29) is 0 Å². The second kappa shape index (κ2) is 8.93. The van der Waals surface area contributed by atoms with Crippen molar-refractivity contribution in [2.24, 2.45) is 34.5 Å². The standard InChI is InChI=1S/C24H43O4P/c1-19-13-21-5-3-7-23(15-19,17-21)9-11-27-29(25,26)28-12-10-24-8-4-6-22(18-24)14-20(2)16-24/h19-22H,3-18H2,1-2H3,(H,25,26). The molecular weight excluding hydrogens is 383 g/mol. The molecule has 4 saturated carbocycles. The quantitative estimate of drug-likeness (QED) is 0.420. The predicted octanol–water partition coefficient (Wildman–Crippen LogP) is 7.11. The van der Waals surface area contributed by atoms with Crippen LogP contribution >= 0.6 is 7.82 Å². The summed E-state index contributed by atoms with van der Waals surface area (Å²) in [5.41, 5.74) is 0.684. The molecular formula is C24H43O4P. The van der Waals surface area contributed by atoms with Crippen molar-refractivity contribution in [3.63, 3.8) is 0 Å². The molecule has 4 bridgehead atoms. The molecule has 0 amide bonds. The van der Waals surface area contributed by atoms with Gasteiger partial charge in [0.15, 0.2) is 0 Å². The van der Waals surface area contributed by atoms with Gasteiger partial charge >= 0.3 is 7.82 Å². The summed E-state index contributed by atoms with van der Waals surface area (Å²) in [6.45, 7) is 5.46. The van der Waals surface area contributed by atoms with Gasteiger partial charge in [-0.2, -0.15) is 0 Å². The Morgan fingerprint density at radius 3 is 1.72 bits per heavy atom. The minimum absolute atomic E-state index is 0.342. The highest BCUT2D eigenvalue weighted by atomic mass is 31.2. The van der Waals surface area contributed by atoms with Gasteiger partial charge in [0.1, 0.15) is 0 Å². The van der Waals surface area contributed by atoms with Crippen molar-refractivity contribution < 1.29 is 18.5 Å². The van der Waals surface area contributed by atoms with E-state index in [1.54, 1.807) is 0 Å². The molecule has 0 radical (unpaired) electrons. The third-order valence-corrected chi connectivity index (χ3v) is 9.91. The van der Waals surface area contributed by atoms with Crippen LogP contribution in [-0.2, 0) is 13.6 Å². The highest BCUT2D eigenvalue weighted by molar-refractivity contribution is 7.47. The molecule has 5 heteroatoms. The van der Waals surface area contributed by atoms with Gasteiger partial charge in [-0.15, -0.1) is 0 Å². The maximum atomic E-state index is 12.5. The highest BCUT2D eigenvalue weighted by Crippen LogP contribution is 2.55. The molecule has 4 aliphatic rings. The van der Waals surface area contributed by atoms with Crippen LogP contribution in [0.5, 0.6) is 0 Å². The molecule has 1 N–H and O–H groups in total. The van der Waals surface area contributed by atoms with Crippen LogP contribution in [0.15, 0.2) is 0 Å². The van der Waals surface area contributed by atoms with E-state index in [9.17, 15) is 9.46 Å². The van der Waals surface area contributed by atoms with Crippen molar-refractivity contribution in [1.82, 2.24) is 0 Å². The fraction of sp³-hybridized carbons (Fsp3) is 1.00. The van der Waals surface area contributed by atoms with E-state index < -0.39 is 7.82 Å². The molecule has 29 heavy (non-hydrogen) atoms. The Morgan fingerprint density at radius 1 is 0.828 bits per heavy atom. The minimum atomic E-state index is -3.93. The monoisotopic (exact) mass is 426 g/mol. The van der Waals surface area contributed by atoms with Crippen LogP contribution in [0.4, 0.5) is 0 Å². The first-order valence-corrected chi connectivity index (χ1v) is 13.9. The molecule has 0 spiro atoms. The van der Waals surface area contributed by atoms with Crippen molar-refractivity contribution in [3.05, 3.63) is 0 Å². The summed E-state index contributed by atoms with van der Waals surface area (Å²) >= 11 is 0. The van der Waals surface area contributed by atoms with Crippen molar-refractivity contribution in [1.29, 1.82) is 0 Å². The van der Waals surface area contributed by atoms with E-state index in [1.807, 2.05) is 0 Å². The lowest BCUT2D eigenvalue weighted by molar-refractivity contribution is 0.0131. The summed E-state index contributed by atoms with van der Waals surface area (Å²) in [4.78, 5) is 10.2. The lowest BCUT2D eigenvalue weighted by Gasteiger charge is -2.48. The lowest BCUT2D eigenvalue weighted by atomic mass is 9.58. The van der Waals surface area contributed by atoms with E-state index in [4.69, 9.17) is 9.05 Å². The van der Waals surface area contributed by atoms with Gasteiger partial charge in [0.25, 0.3) is 0 Å². The number of fused-ring (bicyclic) bond motifs is 4. The van der Waals surface area contributed by atoms with Gasteiger partial charge in [-0.25, -0.2) is 4.57 Å². The molecule has 4 fully saturated rings. The van der Waals surface area contributed by atoms with E-state index in [0.717, 1.165) is 36.5 Å². The summed E-state index contributed by atoms with van der Waals surface area (Å²) in [6.07, 6.45) is 17.5. The molecule has 4 aliphatic carbocycles. The Bertz CT molecular complexity index is 554. The van der Waals surface area contributed by atoms with Crippen molar-refractivity contribution in [3.8, 4) is 0 Å². The zero-order chi connectivity index (χ0) is 20.5. The molecule has 0 aromatic heterocycles. The summed E-state index contributed by atoms with van der Waals surface area (Å²) in [6, 6.07) is 0. The number of hydrogen-bond donors (Lipinski definition) is 1. The molecule has 6 unspecified atom stereocenters. The summed E-state index contributed by atoms with van der Waals surface area (Å²) in [7, 11) is -3.93. The van der Waals surface area contributed by atoms with Crippen LogP contribution in [0.2, 0.25) is 0 Å². The zero-order valence-electron chi connectivity index (χ0n) is 18.7. The Kier molecular flexibility index (Phi) is 6.87. The fourth-order valence-corrected chi connectivity index (χ4v) is 8.89. The van der Waals surface area contributed by atoms with Crippen LogP contribution < -0.4 is 0 Å². The summed E-state index contributed by atoms with van der Waals surface area (Å²) < 4.78 is 23.4. The van der Waals surface area contributed by atoms with E-state index in [2.05, 4.69) is 13.8 Å². The van der Waals surface area contributed by atoms with Crippen LogP contribution in [0.25, 0.3) is 0 Å². The average Bonchev–Trinajstić information content (AvgIpc) is 2.60. The first-order valence-electron chi connectivity index (χ1n) is 12.4. The smallest absolute Gasteiger partial charge is 0.302 e. The predicted molar refractivity (Wildman–Crippen MR) is 117 cm³/mol. The first-order chi connectivity index (χ1) is 13.8. The molecule has 168 valence electrons. The maximum Gasteiger partial charge on any atom is 0.472 e. The maximum absolute atomic E-state index is 12.5. The summed E-state index contributed by atoms with van der Waals surface area (Å²) in [5, 5.41) is 0. The van der Waals surface area contributed by atoms with Gasteiger partial charge in [0.2, 0.25) is 0 Å². The molecule has 0 aromatic carbocycles. The Balaban J connectivity index is 1.22. The second-order valence-corrected chi connectivity index (χ2v) is 13.1. The summed E-state index contributed by atoms with van der Waals surface area (Å²) in [5.74, 6) is 3.28. The van der Waals surface area contributed by atoms with Gasteiger partial charge in [0, 0.05) is 0 Å². The van der Waals surface area contributed by atoms with Gasteiger partial charge in [-0.05, 0) is 98.7 Å². The second-order valence-electron chi connectivity index (χ2n) is 11.6. The number of phosphoric acid groups is 1. The van der Waals surface area contributed by atoms with Crippen LogP contribution in [-0.4, -0.2) is 18.1 Å². The molecule has 0 aromatic rings. The topological polar surface area (TPSA) is 55.8 Å². The van der Waals surface area contributed by atoms with Gasteiger partial charge in [-0.1, -0.05) is 39.5 Å². The molecule has 0 heterocycles.